The number of hydrogen-bond acceptors (Lipinski definition) is 2. The summed E-state index contributed by atoms with van der Waals surface area (Å²) in [4.78, 5) is 4.78. The summed E-state index contributed by atoms with van der Waals surface area (Å²) in [6, 6.07) is 7.00. The third-order valence-corrected chi connectivity index (χ3v) is 3.98. The Labute approximate surface area is 118 Å². The first kappa shape index (κ1) is 12.9. The molecular weight excluding hydrogens is 260 g/mol. The number of halogens is 1. The molecule has 0 aliphatic carbocycles. The SMILES string of the molecule is Cc1ccc2c(c1)nc(CCCl)n2C1CCOCC1. The van der Waals surface area contributed by atoms with E-state index in [1.807, 2.05) is 0 Å². The fourth-order valence-electron chi connectivity index (χ4n) is 2.87. The minimum Gasteiger partial charge on any atom is -0.381 e. The lowest BCUT2D eigenvalue weighted by molar-refractivity contribution is 0.0699. The van der Waals surface area contributed by atoms with Crippen LogP contribution in [0.2, 0.25) is 0 Å². The van der Waals surface area contributed by atoms with Gasteiger partial charge in [0.2, 0.25) is 0 Å². The van der Waals surface area contributed by atoms with E-state index in [-0.39, 0.29) is 0 Å². The van der Waals surface area contributed by atoms with E-state index in [9.17, 15) is 0 Å². The number of rotatable bonds is 3. The van der Waals surface area contributed by atoms with Crippen molar-refractivity contribution in [3.8, 4) is 0 Å². The van der Waals surface area contributed by atoms with E-state index in [4.69, 9.17) is 21.3 Å². The molecule has 3 rings (SSSR count). The average Bonchev–Trinajstić information content (AvgIpc) is 2.77. The molecule has 3 nitrogen and oxygen atoms in total. The van der Waals surface area contributed by atoms with Crippen LogP contribution in [-0.2, 0) is 11.2 Å². The molecule has 0 bridgehead atoms. The van der Waals surface area contributed by atoms with E-state index in [0.717, 1.165) is 43.8 Å². The molecule has 0 atom stereocenters. The number of aryl methyl sites for hydroxylation is 2. The molecule has 0 saturated carbocycles. The highest BCUT2D eigenvalue weighted by atomic mass is 35.5. The smallest absolute Gasteiger partial charge is 0.111 e. The maximum absolute atomic E-state index is 5.93. The first-order valence-electron chi connectivity index (χ1n) is 6.91. The van der Waals surface area contributed by atoms with Crippen molar-refractivity contribution in [2.75, 3.05) is 19.1 Å². The summed E-state index contributed by atoms with van der Waals surface area (Å²) in [5, 5.41) is 0. The Hall–Kier alpha value is -1.06. The highest BCUT2D eigenvalue weighted by Gasteiger charge is 2.21. The molecule has 19 heavy (non-hydrogen) atoms. The molecule has 1 aliphatic heterocycles. The van der Waals surface area contributed by atoms with Crippen LogP contribution in [0.1, 0.15) is 30.3 Å². The second-order valence-electron chi connectivity index (χ2n) is 5.17. The molecule has 0 spiro atoms. The Bertz CT molecular complexity index is 573. The van der Waals surface area contributed by atoms with Crippen molar-refractivity contribution in [1.29, 1.82) is 0 Å². The van der Waals surface area contributed by atoms with Crippen LogP contribution in [0.5, 0.6) is 0 Å². The Balaban J connectivity index is 2.09. The van der Waals surface area contributed by atoms with Gasteiger partial charge in [0.1, 0.15) is 5.82 Å². The van der Waals surface area contributed by atoms with Gasteiger partial charge in [-0.3, -0.25) is 0 Å². The third kappa shape index (κ3) is 2.49. The van der Waals surface area contributed by atoms with Gasteiger partial charge in [-0.05, 0) is 37.5 Å². The minimum absolute atomic E-state index is 0.500. The van der Waals surface area contributed by atoms with Crippen LogP contribution >= 0.6 is 11.6 Å². The van der Waals surface area contributed by atoms with Crippen LogP contribution in [0.4, 0.5) is 0 Å². The summed E-state index contributed by atoms with van der Waals surface area (Å²) in [5.74, 6) is 1.73. The van der Waals surface area contributed by atoms with E-state index < -0.39 is 0 Å². The number of hydrogen-bond donors (Lipinski definition) is 0. The standard InChI is InChI=1S/C15H19ClN2O/c1-11-2-3-14-13(10-11)17-15(4-7-16)18(14)12-5-8-19-9-6-12/h2-3,10,12H,4-9H2,1H3. The van der Waals surface area contributed by atoms with Gasteiger partial charge < -0.3 is 9.30 Å². The van der Waals surface area contributed by atoms with Gasteiger partial charge in [0, 0.05) is 31.6 Å². The zero-order valence-electron chi connectivity index (χ0n) is 11.2. The summed E-state index contributed by atoms with van der Waals surface area (Å²) in [5.41, 5.74) is 3.57. The van der Waals surface area contributed by atoms with Crippen molar-refractivity contribution in [1.82, 2.24) is 9.55 Å². The van der Waals surface area contributed by atoms with E-state index >= 15 is 0 Å². The fourth-order valence-corrected chi connectivity index (χ4v) is 3.04. The molecule has 0 N–H and O–H groups in total. The number of benzene rings is 1. The molecule has 0 unspecified atom stereocenters. The van der Waals surface area contributed by atoms with Gasteiger partial charge in [-0.2, -0.15) is 0 Å². The van der Waals surface area contributed by atoms with Crippen molar-refractivity contribution in [2.45, 2.75) is 32.2 Å². The van der Waals surface area contributed by atoms with E-state index in [1.54, 1.807) is 0 Å². The van der Waals surface area contributed by atoms with Gasteiger partial charge in [0.05, 0.1) is 11.0 Å². The lowest BCUT2D eigenvalue weighted by Crippen LogP contribution is -2.21. The van der Waals surface area contributed by atoms with Gasteiger partial charge in [-0.25, -0.2) is 4.98 Å². The molecule has 1 aliphatic rings. The third-order valence-electron chi connectivity index (χ3n) is 3.79. The van der Waals surface area contributed by atoms with Crippen LogP contribution in [0, 0.1) is 6.92 Å². The lowest BCUT2D eigenvalue weighted by Gasteiger charge is -2.25. The van der Waals surface area contributed by atoms with Crippen LogP contribution in [0.3, 0.4) is 0 Å². The minimum atomic E-state index is 0.500. The number of fused-ring (bicyclic) bond motifs is 1. The van der Waals surface area contributed by atoms with Gasteiger partial charge in [-0.1, -0.05) is 6.07 Å². The molecule has 1 saturated heterocycles. The normalized spacial score (nSPS) is 17.2. The van der Waals surface area contributed by atoms with Gasteiger partial charge in [-0.15, -0.1) is 11.6 Å². The van der Waals surface area contributed by atoms with E-state index in [0.29, 0.717) is 11.9 Å². The molecular formula is C15H19ClN2O. The number of imidazole rings is 1. The Morgan fingerprint density at radius 1 is 1.37 bits per heavy atom. The summed E-state index contributed by atoms with van der Waals surface area (Å²) >= 11 is 5.93. The van der Waals surface area contributed by atoms with Crippen molar-refractivity contribution < 1.29 is 4.74 Å². The zero-order valence-corrected chi connectivity index (χ0v) is 12.0. The molecule has 0 amide bonds. The van der Waals surface area contributed by atoms with Crippen LogP contribution in [-0.4, -0.2) is 28.6 Å². The first-order chi connectivity index (χ1) is 9.29. The molecule has 0 radical (unpaired) electrons. The van der Waals surface area contributed by atoms with Crippen molar-refractivity contribution >= 4 is 22.6 Å². The maximum Gasteiger partial charge on any atom is 0.111 e. The zero-order chi connectivity index (χ0) is 13.2. The molecule has 1 fully saturated rings. The quantitative estimate of drug-likeness (QED) is 0.804. The summed E-state index contributed by atoms with van der Waals surface area (Å²) in [7, 11) is 0. The molecule has 1 aromatic heterocycles. The summed E-state index contributed by atoms with van der Waals surface area (Å²) < 4.78 is 7.86. The average molecular weight is 279 g/mol. The van der Waals surface area contributed by atoms with Gasteiger partial charge in [0.15, 0.2) is 0 Å². The number of alkyl halides is 1. The van der Waals surface area contributed by atoms with Crippen LogP contribution in [0.15, 0.2) is 18.2 Å². The predicted molar refractivity (Wildman–Crippen MR) is 78.0 cm³/mol. The van der Waals surface area contributed by atoms with E-state index in [2.05, 4.69) is 29.7 Å². The van der Waals surface area contributed by atoms with Crippen LogP contribution in [0.25, 0.3) is 11.0 Å². The van der Waals surface area contributed by atoms with Crippen molar-refractivity contribution in [3.05, 3.63) is 29.6 Å². The maximum atomic E-state index is 5.93. The molecule has 102 valence electrons. The van der Waals surface area contributed by atoms with Gasteiger partial charge >= 0.3 is 0 Å². The topological polar surface area (TPSA) is 27.1 Å². The van der Waals surface area contributed by atoms with Crippen molar-refractivity contribution in [2.24, 2.45) is 0 Å². The lowest BCUT2D eigenvalue weighted by atomic mass is 10.1. The largest absolute Gasteiger partial charge is 0.381 e. The summed E-state index contributed by atoms with van der Waals surface area (Å²) in [6.07, 6.45) is 2.95. The number of aromatic nitrogens is 2. The number of ether oxygens (including phenoxy) is 1. The molecule has 2 heterocycles. The van der Waals surface area contributed by atoms with Gasteiger partial charge in [0.25, 0.3) is 0 Å². The second-order valence-corrected chi connectivity index (χ2v) is 5.55. The van der Waals surface area contributed by atoms with Crippen LogP contribution < -0.4 is 0 Å². The Kier molecular flexibility index (Phi) is 3.76. The molecule has 1 aromatic carbocycles. The highest BCUT2D eigenvalue weighted by Crippen LogP contribution is 2.28. The summed E-state index contributed by atoms with van der Waals surface area (Å²) in [6.45, 7) is 3.79. The van der Waals surface area contributed by atoms with Crippen molar-refractivity contribution in [3.63, 3.8) is 0 Å². The Morgan fingerprint density at radius 2 is 2.16 bits per heavy atom. The highest BCUT2D eigenvalue weighted by molar-refractivity contribution is 6.17. The van der Waals surface area contributed by atoms with E-state index in [1.165, 1.54) is 11.1 Å². The first-order valence-corrected chi connectivity index (χ1v) is 7.44. The number of nitrogens with zero attached hydrogens (tertiary/aromatic N) is 2. The second kappa shape index (κ2) is 5.51. The fraction of sp³-hybridized carbons (Fsp3) is 0.533. The molecule has 4 heteroatoms. The Morgan fingerprint density at radius 3 is 2.89 bits per heavy atom. The predicted octanol–water partition coefficient (Wildman–Crippen LogP) is 3.48. The molecule has 2 aromatic rings. The monoisotopic (exact) mass is 278 g/mol.